The van der Waals surface area contributed by atoms with Gasteiger partial charge in [0.15, 0.2) is 11.6 Å². The normalized spacial score (nSPS) is 27.3. The zero-order chi connectivity index (χ0) is 24.6. The molecule has 2 aliphatic rings. The largest absolute Gasteiger partial charge is 0.469 e. The number of allylic oxidation sites excluding steroid dienone is 4. The summed E-state index contributed by atoms with van der Waals surface area (Å²) in [5.41, 5.74) is 2.22. The Labute approximate surface area is 200 Å². The van der Waals surface area contributed by atoms with Gasteiger partial charge < -0.3 is 4.74 Å². The molecule has 0 aromatic heterocycles. The summed E-state index contributed by atoms with van der Waals surface area (Å²) < 4.78 is 4.89. The van der Waals surface area contributed by atoms with Gasteiger partial charge in [0.25, 0.3) is 0 Å². The van der Waals surface area contributed by atoms with Crippen molar-refractivity contribution in [2.45, 2.75) is 98.1 Å². The standard InChI is InChI=1S/C28H43NO4/c1-7-10-11-25(31)20(4)27-24(28(5)17-16-23(30)19-21(28)9-3)14-12-22(29(27)18-8-2)13-15-26(32)33-6/h10-11,14,19-20,22,27H,7-9,12-13,15-18H2,1-6H3/b11-10+/t20?,22?,27-,28+/m1/s1. The second kappa shape index (κ2) is 12.5. The molecular formula is C28H43NO4. The van der Waals surface area contributed by atoms with Gasteiger partial charge in [0.05, 0.1) is 7.11 Å². The van der Waals surface area contributed by atoms with E-state index in [9.17, 15) is 14.4 Å². The molecule has 5 heteroatoms. The van der Waals surface area contributed by atoms with Crippen LogP contribution in [-0.4, -0.2) is 48.2 Å². The highest BCUT2D eigenvalue weighted by Gasteiger charge is 2.46. The van der Waals surface area contributed by atoms with Crippen LogP contribution in [0.2, 0.25) is 0 Å². The molecule has 0 saturated carbocycles. The summed E-state index contributed by atoms with van der Waals surface area (Å²) in [4.78, 5) is 39.8. The molecule has 0 radical (unpaired) electrons. The highest BCUT2D eigenvalue weighted by molar-refractivity contribution is 5.93. The molecule has 4 atom stereocenters. The Morgan fingerprint density at radius 3 is 2.64 bits per heavy atom. The predicted octanol–water partition coefficient (Wildman–Crippen LogP) is 5.60. The number of esters is 1. The Bertz CT molecular complexity index is 809. The van der Waals surface area contributed by atoms with Crippen molar-refractivity contribution in [3.63, 3.8) is 0 Å². The molecule has 184 valence electrons. The fourth-order valence-corrected chi connectivity index (χ4v) is 5.61. The molecule has 0 fully saturated rings. The van der Waals surface area contributed by atoms with Crippen LogP contribution in [0.4, 0.5) is 0 Å². The average Bonchev–Trinajstić information content (AvgIpc) is 2.82. The lowest BCUT2D eigenvalue weighted by molar-refractivity contribution is -0.141. The van der Waals surface area contributed by atoms with Crippen LogP contribution in [0, 0.1) is 11.3 Å². The van der Waals surface area contributed by atoms with E-state index in [0.717, 1.165) is 38.6 Å². The molecule has 0 spiro atoms. The molecule has 2 unspecified atom stereocenters. The number of ketones is 2. The minimum Gasteiger partial charge on any atom is -0.469 e. The maximum Gasteiger partial charge on any atom is 0.305 e. The molecule has 1 aliphatic carbocycles. The maximum absolute atomic E-state index is 13.2. The van der Waals surface area contributed by atoms with Gasteiger partial charge in [-0.25, -0.2) is 0 Å². The van der Waals surface area contributed by atoms with E-state index in [1.165, 1.54) is 18.3 Å². The van der Waals surface area contributed by atoms with Crippen molar-refractivity contribution in [1.29, 1.82) is 0 Å². The van der Waals surface area contributed by atoms with Crippen molar-refractivity contribution in [3.05, 3.63) is 35.5 Å². The lowest BCUT2D eigenvalue weighted by atomic mass is 9.62. The van der Waals surface area contributed by atoms with Crippen LogP contribution in [0.25, 0.3) is 0 Å². The van der Waals surface area contributed by atoms with Crippen LogP contribution in [-0.2, 0) is 19.1 Å². The Hall–Kier alpha value is -2.01. The van der Waals surface area contributed by atoms with Gasteiger partial charge in [0, 0.05) is 36.3 Å². The van der Waals surface area contributed by atoms with Gasteiger partial charge in [-0.1, -0.05) is 52.3 Å². The van der Waals surface area contributed by atoms with Crippen LogP contribution < -0.4 is 0 Å². The van der Waals surface area contributed by atoms with Gasteiger partial charge in [-0.15, -0.1) is 0 Å². The first kappa shape index (κ1) is 27.2. The molecule has 5 nitrogen and oxygen atoms in total. The summed E-state index contributed by atoms with van der Waals surface area (Å²) in [5.74, 6) is -0.0607. The number of carbonyl (C=O) groups excluding carboxylic acids is 3. The van der Waals surface area contributed by atoms with E-state index in [-0.39, 0.29) is 41.0 Å². The predicted molar refractivity (Wildman–Crippen MR) is 133 cm³/mol. The zero-order valence-corrected chi connectivity index (χ0v) is 21.5. The first-order valence-corrected chi connectivity index (χ1v) is 12.7. The summed E-state index contributed by atoms with van der Waals surface area (Å²) in [6, 6.07) is 0.134. The van der Waals surface area contributed by atoms with E-state index in [4.69, 9.17) is 4.74 Å². The molecule has 1 aliphatic heterocycles. The quantitative estimate of drug-likeness (QED) is 0.230. The minimum absolute atomic E-state index is 0.0523. The summed E-state index contributed by atoms with van der Waals surface area (Å²) in [5, 5.41) is 0. The van der Waals surface area contributed by atoms with Crippen molar-refractivity contribution in [3.8, 4) is 0 Å². The summed E-state index contributed by atoms with van der Waals surface area (Å²) in [6.45, 7) is 11.5. The van der Waals surface area contributed by atoms with Gasteiger partial charge in [0.1, 0.15) is 0 Å². The second-order valence-electron chi connectivity index (χ2n) is 9.67. The highest BCUT2D eigenvalue weighted by Crippen LogP contribution is 2.49. The zero-order valence-electron chi connectivity index (χ0n) is 21.5. The number of nitrogens with zero attached hydrogens (tertiary/aromatic N) is 1. The average molecular weight is 458 g/mol. The van der Waals surface area contributed by atoms with E-state index in [0.29, 0.717) is 19.3 Å². The van der Waals surface area contributed by atoms with Gasteiger partial charge in [-0.3, -0.25) is 19.3 Å². The van der Waals surface area contributed by atoms with E-state index < -0.39 is 0 Å². The molecule has 2 rings (SSSR count). The fourth-order valence-electron chi connectivity index (χ4n) is 5.61. The summed E-state index contributed by atoms with van der Waals surface area (Å²) in [7, 11) is 1.43. The highest BCUT2D eigenvalue weighted by atomic mass is 16.5. The first-order valence-electron chi connectivity index (χ1n) is 12.7. The topological polar surface area (TPSA) is 63.7 Å². The molecule has 0 aromatic carbocycles. The first-order chi connectivity index (χ1) is 15.7. The number of rotatable bonds is 11. The minimum atomic E-state index is -0.227. The Morgan fingerprint density at radius 2 is 2.03 bits per heavy atom. The van der Waals surface area contributed by atoms with Crippen molar-refractivity contribution in [2.24, 2.45) is 11.3 Å². The third kappa shape index (κ3) is 6.32. The number of methoxy groups -OCH3 is 1. The SMILES string of the molecule is CC/C=C/C(=O)C(C)[C@@H]1C([C@@]2(C)CCC(=O)C=C2CC)=CCC(CCC(=O)OC)N1CCC. The molecule has 0 saturated heterocycles. The van der Waals surface area contributed by atoms with E-state index in [1.54, 1.807) is 6.08 Å². The van der Waals surface area contributed by atoms with Crippen LogP contribution in [0.15, 0.2) is 35.5 Å². The molecule has 1 heterocycles. The molecule has 0 bridgehead atoms. The van der Waals surface area contributed by atoms with Crippen molar-refractivity contribution < 1.29 is 19.1 Å². The third-order valence-corrected chi connectivity index (χ3v) is 7.52. The number of ether oxygens (including phenoxy) is 1. The lowest BCUT2D eigenvalue weighted by Gasteiger charge is -2.51. The van der Waals surface area contributed by atoms with Crippen molar-refractivity contribution in [2.75, 3.05) is 13.7 Å². The molecule has 33 heavy (non-hydrogen) atoms. The Morgan fingerprint density at radius 1 is 1.30 bits per heavy atom. The van der Waals surface area contributed by atoms with Gasteiger partial charge in [0.2, 0.25) is 0 Å². The maximum atomic E-state index is 13.2. The van der Waals surface area contributed by atoms with Crippen LogP contribution in [0.1, 0.15) is 86.0 Å². The van der Waals surface area contributed by atoms with E-state index in [1.807, 2.05) is 26.0 Å². The van der Waals surface area contributed by atoms with Crippen LogP contribution in [0.3, 0.4) is 0 Å². The Kier molecular flexibility index (Phi) is 10.3. The van der Waals surface area contributed by atoms with Gasteiger partial charge in [-0.05, 0) is 62.8 Å². The van der Waals surface area contributed by atoms with E-state index >= 15 is 0 Å². The van der Waals surface area contributed by atoms with Crippen molar-refractivity contribution in [1.82, 2.24) is 4.90 Å². The van der Waals surface area contributed by atoms with Crippen LogP contribution >= 0.6 is 0 Å². The van der Waals surface area contributed by atoms with Crippen molar-refractivity contribution >= 4 is 17.5 Å². The molecule has 0 amide bonds. The summed E-state index contributed by atoms with van der Waals surface area (Å²) in [6.07, 6.45) is 13.7. The smallest absolute Gasteiger partial charge is 0.305 e. The van der Waals surface area contributed by atoms with Crippen LogP contribution in [0.5, 0.6) is 0 Å². The Balaban J connectivity index is 2.54. The second-order valence-corrected chi connectivity index (χ2v) is 9.67. The van der Waals surface area contributed by atoms with Gasteiger partial charge >= 0.3 is 5.97 Å². The number of carbonyl (C=O) groups is 3. The lowest BCUT2D eigenvalue weighted by Crippen LogP contribution is -2.54. The third-order valence-electron chi connectivity index (χ3n) is 7.52. The number of hydrogen-bond acceptors (Lipinski definition) is 5. The van der Waals surface area contributed by atoms with Gasteiger partial charge in [-0.2, -0.15) is 0 Å². The monoisotopic (exact) mass is 457 g/mol. The van der Waals surface area contributed by atoms with E-state index in [2.05, 4.69) is 31.7 Å². The molecule has 0 N–H and O–H groups in total. The molecular weight excluding hydrogens is 414 g/mol. The molecule has 0 aromatic rings. The fraction of sp³-hybridized carbons (Fsp3) is 0.679. The summed E-state index contributed by atoms with van der Waals surface area (Å²) >= 11 is 0. The number of hydrogen-bond donors (Lipinski definition) is 0.